The van der Waals surface area contributed by atoms with Gasteiger partial charge in [-0.1, -0.05) is 5.16 Å². The average molecular weight is 362 g/mol. The van der Waals surface area contributed by atoms with E-state index in [4.69, 9.17) is 9.26 Å². The molecule has 26 heavy (non-hydrogen) atoms. The minimum Gasteiger partial charge on any atom is -0.481 e. The molecule has 0 fully saturated rings. The molecule has 2 aromatic rings. The van der Waals surface area contributed by atoms with Crippen LogP contribution in [0, 0.1) is 6.92 Å². The molecule has 1 aromatic carbocycles. The van der Waals surface area contributed by atoms with Gasteiger partial charge in [0.15, 0.2) is 11.9 Å². The molecule has 0 unspecified atom stereocenters. The van der Waals surface area contributed by atoms with Gasteiger partial charge in [-0.15, -0.1) is 0 Å². The second-order valence-electron chi connectivity index (χ2n) is 5.30. The van der Waals surface area contributed by atoms with Gasteiger partial charge in [0.2, 0.25) is 0 Å². The molecular weight excluding hydrogens is 344 g/mol. The number of aryl methyl sites for hydroxylation is 1. The number of methoxy groups -OCH3 is 2. The molecule has 138 valence electrons. The summed E-state index contributed by atoms with van der Waals surface area (Å²) in [6.45, 7) is 3.19. The summed E-state index contributed by atoms with van der Waals surface area (Å²) in [6, 6.07) is 5.59. The quantitative estimate of drug-likeness (QED) is 0.775. The fraction of sp³-hybridized carbons (Fsp3) is 0.294. The Bertz CT molecular complexity index is 794. The van der Waals surface area contributed by atoms with Gasteiger partial charge in [0, 0.05) is 6.07 Å². The third-order valence-corrected chi connectivity index (χ3v) is 3.31. The third-order valence-electron chi connectivity index (χ3n) is 3.31. The van der Waals surface area contributed by atoms with Crippen molar-refractivity contribution in [2.45, 2.75) is 20.0 Å². The van der Waals surface area contributed by atoms with E-state index in [1.54, 1.807) is 13.0 Å². The lowest BCUT2D eigenvalue weighted by atomic mass is 10.1. The Hall–Kier alpha value is -3.36. The number of nitrogens with one attached hydrogen (secondary N) is 1. The van der Waals surface area contributed by atoms with Crippen LogP contribution in [0.2, 0.25) is 0 Å². The van der Waals surface area contributed by atoms with Crippen molar-refractivity contribution in [1.82, 2.24) is 5.16 Å². The minimum absolute atomic E-state index is 0.0881. The van der Waals surface area contributed by atoms with Crippen molar-refractivity contribution in [1.29, 1.82) is 0 Å². The van der Waals surface area contributed by atoms with Gasteiger partial charge in [-0.3, -0.25) is 4.79 Å². The van der Waals surface area contributed by atoms with Crippen LogP contribution in [0.4, 0.5) is 5.82 Å². The average Bonchev–Trinajstić information content (AvgIpc) is 3.04. The standard InChI is InChI=1S/C17H18N2O7/c1-9-5-14(19-26-9)18-15(20)10(2)25-13-7-11(16(21)23-3)6-12(8-13)17(22)24-4/h5-8,10H,1-4H3,(H,18,19,20)/t10-/m1/s1. The van der Waals surface area contributed by atoms with E-state index in [0.717, 1.165) is 0 Å². The van der Waals surface area contributed by atoms with Crippen LogP contribution >= 0.6 is 0 Å². The first kappa shape index (κ1) is 19.0. The molecule has 0 saturated carbocycles. The van der Waals surface area contributed by atoms with Crippen LogP contribution in [-0.2, 0) is 14.3 Å². The van der Waals surface area contributed by atoms with E-state index in [2.05, 4.69) is 19.9 Å². The van der Waals surface area contributed by atoms with Crippen LogP contribution in [0.5, 0.6) is 5.75 Å². The van der Waals surface area contributed by atoms with Crippen LogP contribution in [0.1, 0.15) is 33.4 Å². The summed E-state index contributed by atoms with van der Waals surface area (Å²) in [5, 5.41) is 6.18. The van der Waals surface area contributed by atoms with Gasteiger partial charge in [-0.2, -0.15) is 0 Å². The fourth-order valence-corrected chi connectivity index (χ4v) is 2.05. The second-order valence-corrected chi connectivity index (χ2v) is 5.30. The monoisotopic (exact) mass is 362 g/mol. The number of carbonyl (C=O) groups is 3. The van der Waals surface area contributed by atoms with Crippen LogP contribution in [0.3, 0.4) is 0 Å². The molecule has 9 nitrogen and oxygen atoms in total. The summed E-state index contributed by atoms with van der Waals surface area (Å²) in [7, 11) is 2.42. The van der Waals surface area contributed by atoms with Gasteiger partial charge in [-0.25, -0.2) is 9.59 Å². The molecule has 2 rings (SSSR count). The Labute approximate surface area is 149 Å². The van der Waals surface area contributed by atoms with Crippen LogP contribution in [0.15, 0.2) is 28.8 Å². The summed E-state index contributed by atoms with van der Waals surface area (Å²) in [5.41, 5.74) is 0.176. The molecule has 0 spiro atoms. The first-order chi connectivity index (χ1) is 12.3. The number of hydrogen-bond acceptors (Lipinski definition) is 8. The molecule has 1 N–H and O–H groups in total. The van der Waals surface area contributed by atoms with Crippen molar-refractivity contribution < 1.29 is 33.1 Å². The van der Waals surface area contributed by atoms with Crippen molar-refractivity contribution in [3.05, 3.63) is 41.2 Å². The van der Waals surface area contributed by atoms with Gasteiger partial charge < -0.3 is 24.1 Å². The topological polar surface area (TPSA) is 117 Å². The molecule has 1 amide bonds. The highest BCUT2D eigenvalue weighted by Gasteiger charge is 2.19. The lowest BCUT2D eigenvalue weighted by molar-refractivity contribution is -0.122. The second kappa shape index (κ2) is 8.15. The van der Waals surface area contributed by atoms with Crippen LogP contribution in [-0.4, -0.2) is 43.3 Å². The number of carbonyl (C=O) groups excluding carboxylic acids is 3. The van der Waals surface area contributed by atoms with Crippen molar-refractivity contribution in [2.24, 2.45) is 0 Å². The molecule has 1 atom stereocenters. The first-order valence-corrected chi connectivity index (χ1v) is 7.56. The normalized spacial score (nSPS) is 11.4. The summed E-state index contributed by atoms with van der Waals surface area (Å²) >= 11 is 0. The molecule has 0 aliphatic rings. The first-order valence-electron chi connectivity index (χ1n) is 7.56. The Balaban J connectivity index is 2.19. The Morgan fingerprint density at radius 1 is 1.04 bits per heavy atom. The number of nitrogens with zero attached hydrogens (tertiary/aromatic N) is 1. The van der Waals surface area contributed by atoms with Crippen molar-refractivity contribution in [2.75, 3.05) is 19.5 Å². The van der Waals surface area contributed by atoms with E-state index in [-0.39, 0.29) is 22.7 Å². The lowest BCUT2D eigenvalue weighted by Gasteiger charge is -2.15. The van der Waals surface area contributed by atoms with Gasteiger partial charge in [0.25, 0.3) is 5.91 Å². The number of esters is 2. The zero-order valence-electron chi connectivity index (χ0n) is 14.7. The highest BCUT2D eigenvalue weighted by Crippen LogP contribution is 2.20. The van der Waals surface area contributed by atoms with Crippen LogP contribution < -0.4 is 10.1 Å². The molecule has 0 aliphatic carbocycles. The predicted molar refractivity (Wildman–Crippen MR) is 89.1 cm³/mol. The molecule has 0 saturated heterocycles. The van der Waals surface area contributed by atoms with E-state index in [1.807, 2.05) is 0 Å². The zero-order valence-corrected chi connectivity index (χ0v) is 14.7. The van der Waals surface area contributed by atoms with Gasteiger partial charge in [0.1, 0.15) is 11.5 Å². The third kappa shape index (κ3) is 4.59. The predicted octanol–water partition coefficient (Wildman–Crippen LogP) is 1.96. The van der Waals surface area contributed by atoms with Gasteiger partial charge in [0.05, 0.1) is 25.3 Å². The molecule has 0 radical (unpaired) electrons. The van der Waals surface area contributed by atoms with Gasteiger partial charge in [-0.05, 0) is 32.0 Å². The van der Waals surface area contributed by atoms with Crippen molar-refractivity contribution in [3.63, 3.8) is 0 Å². The SMILES string of the molecule is COC(=O)c1cc(O[C@H](C)C(=O)Nc2cc(C)on2)cc(C(=O)OC)c1. The Morgan fingerprint density at radius 3 is 2.08 bits per heavy atom. The van der Waals surface area contributed by atoms with Crippen molar-refractivity contribution >= 4 is 23.7 Å². The summed E-state index contributed by atoms with van der Waals surface area (Å²) in [6.07, 6.45) is -0.939. The molecule has 1 aromatic heterocycles. The number of benzene rings is 1. The van der Waals surface area contributed by atoms with E-state index < -0.39 is 23.9 Å². The smallest absolute Gasteiger partial charge is 0.338 e. The number of anilines is 1. The maximum atomic E-state index is 12.2. The van der Waals surface area contributed by atoms with E-state index in [0.29, 0.717) is 5.76 Å². The van der Waals surface area contributed by atoms with E-state index >= 15 is 0 Å². The maximum Gasteiger partial charge on any atom is 0.338 e. The molecule has 0 bridgehead atoms. The summed E-state index contributed by atoms with van der Waals surface area (Å²) in [5.74, 6) is -0.871. The highest BCUT2D eigenvalue weighted by molar-refractivity contribution is 5.96. The maximum absolute atomic E-state index is 12.2. The van der Waals surface area contributed by atoms with Gasteiger partial charge >= 0.3 is 11.9 Å². The molecule has 1 heterocycles. The van der Waals surface area contributed by atoms with Crippen LogP contribution in [0.25, 0.3) is 0 Å². The Kier molecular flexibility index (Phi) is 5.94. The van der Waals surface area contributed by atoms with Crippen molar-refractivity contribution in [3.8, 4) is 5.75 Å². The number of rotatable bonds is 6. The summed E-state index contributed by atoms with van der Waals surface area (Å²) < 4.78 is 19.7. The Morgan fingerprint density at radius 2 is 1.62 bits per heavy atom. The fourth-order valence-electron chi connectivity index (χ4n) is 2.05. The lowest BCUT2D eigenvalue weighted by Crippen LogP contribution is -2.30. The van der Waals surface area contributed by atoms with E-state index in [9.17, 15) is 14.4 Å². The number of hydrogen-bond donors (Lipinski definition) is 1. The number of ether oxygens (including phenoxy) is 3. The number of amides is 1. The molecule has 0 aliphatic heterocycles. The number of aromatic nitrogens is 1. The highest BCUT2D eigenvalue weighted by atomic mass is 16.5. The molecule has 9 heteroatoms. The molecular formula is C17H18N2O7. The zero-order chi connectivity index (χ0) is 19.3. The largest absolute Gasteiger partial charge is 0.481 e. The van der Waals surface area contributed by atoms with E-state index in [1.165, 1.54) is 39.3 Å². The minimum atomic E-state index is -0.939. The summed E-state index contributed by atoms with van der Waals surface area (Å²) in [4.78, 5) is 35.7.